The van der Waals surface area contributed by atoms with Crippen molar-refractivity contribution in [2.45, 2.75) is 19.5 Å². The van der Waals surface area contributed by atoms with Gasteiger partial charge in [-0.1, -0.05) is 24.3 Å². The molecule has 7 nitrogen and oxygen atoms in total. The van der Waals surface area contributed by atoms with Gasteiger partial charge < -0.3 is 0 Å². The zero-order chi connectivity index (χ0) is 22.5. The quantitative estimate of drug-likeness (QED) is 0.466. The Kier molecular flexibility index (Phi) is 4.75. The maximum atomic E-state index is 14.7. The molecule has 0 N–H and O–H groups in total. The van der Waals surface area contributed by atoms with E-state index in [0.29, 0.717) is 10.3 Å². The molecule has 31 heavy (non-hydrogen) atoms. The van der Waals surface area contributed by atoms with E-state index < -0.39 is 34.6 Å². The molecule has 0 saturated carbocycles. The largest absolute Gasteiger partial charge is 0.431 e. The summed E-state index contributed by atoms with van der Waals surface area (Å²) in [6.07, 6.45) is -4.09. The van der Waals surface area contributed by atoms with Crippen LogP contribution in [0.4, 0.5) is 17.6 Å². The predicted molar refractivity (Wildman–Crippen MR) is 104 cm³/mol. The van der Waals surface area contributed by atoms with Crippen molar-refractivity contribution >= 4 is 11.0 Å². The molecule has 0 aliphatic heterocycles. The number of rotatable bonds is 3. The summed E-state index contributed by atoms with van der Waals surface area (Å²) in [4.78, 5) is 24.9. The third kappa shape index (κ3) is 3.41. The molecule has 4 aromatic rings. The molecule has 0 aliphatic carbocycles. The lowest BCUT2D eigenvalue weighted by atomic mass is 10.1. The van der Waals surface area contributed by atoms with E-state index in [2.05, 4.69) is 10.3 Å². The van der Waals surface area contributed by atoms with Crippen LogP contribution in [0.2, 0.25) is 0 Å². The maximum Gasteiger partial charge on any atom is 0.431 e. The van der Waals surface area contributed by atoms with E-state index in [0.717, 1.165) is 31.2 Å². The van der Waals surface area contributed by atoms with E-state index in [9.17, 15) is 27.2 Å². The van der Waals surface area contributed by atoms with Crippen LogP contribution < -0.4 is 11.2 Å². The Bertz CT molecular complexity index is 1420. The summed E-state index contributed by atoms with van der Waals surface area (Å²) in [5.74, 6) is -1.00. The number of halogens is 4. The second-order valence-corrected chi connectivity index (χ2v) is 6.86. The van der Waals surface area contributed by atoms with Gasteiger partial charge in [-0.3, -0.25) is 9.36 Å². The van der Waals surface area contributed by atoms with Crippen LogP contribution in [0.15, 0.2) is 52.1 Å². The van der Waals surface area contributed by atoms with Gasteiger partial charge in [-0.05, 0) is 30.2 Å². The highest BCUT2D eigenvalue weighted by Crippen LogP contribution is 2.27. The lowest BCUT2D eigenvalue weighted by Crippen LogP contribution is -2.41. The Labute approximate surface area is 171 Å². The van der Waals surface area contributed by atoms with Gasteiger partial charge in [-0.25, -0.2) is 18.4 Å². The molecule has 4 rings (SSSR count). The molecule has 160 valence electrons. The third-order valence-electron chi connectivity index (χ3n) is 4.95. The number of hydrogen-bond donors (Lipinski definition) is 0. The van der Waals surface area contributed by atoms with Gasteiger partial charge in [0.25, 0.3) is 5.56 Å². The van der Waals surface area contributed by atoms with Crippen molar-refractivity contribution < 1.29 is 17.6 Å². The van der Waals surface area contributed by atoms with Crippen LogP contribution in [0.5, 0.6) is 0 Å². The van der Waals surface area contributed by atoms with Gasteiger partial charge in [0, 0.05) is 19.2 Å². The molecular weight excluding hydrogens is 418 g/mol. The van der Waals surface area contributed by atoms with Crippen LogP contribution in [0, 0.1) is 5.82 Å². The molecule has 0 bridgehead atoms. The Morgan fingerprint density at radius 1 is 1.03 bits per heavy atom. The highest BCUT2D eigenvalue weighted by molar-refractivity contribution is 5.79. The first-order valence-electron chi connectivity index (χ1n) is 9.16. The number of nitrogens with zero attached hydrogens (tertiary/aromatic N) is 5. The first-order chi connectivity index (χ1) is 14.6. The fourth-order valence-corrected chi connectivity index (χ4v) is 3.29. The average Bonchev–Trinajstić information content (AvgIpc) is 3.12. The third-order valence-corrected chi connectivity index (χ3v) is 4.95. The summed E-state index contributed by atoms with van der Waals surface area (Å²) in [7, 11) is 0.860. The Hall–Kier alpha value is -3.76. The minimum Gasteiger partial charge on any atom is -0.292 e. The van der Waals surface area contributed by atoms with E-state index in [1.165, 1.54) is 4.68 Å². The molecule has 0 amide bonds. The number of alkyl halides is 3. The molecule has 0 aliphatic rings. The Morgan fingerprint density at radius 2 is 1.71 bits per heavy atom. The minimum absolute atomic E-state index is 0.151. The second kappa shape index (κ2) is 7.18. The minimum atomic E-state index is -4.91. The lowest BCUT2D eigenvalue weighted by molar-refractivity contribution is -0.144. The van der Waals surface area contributed by atoms with Gasteiger partial charge in [-0.15, -0.1) is 5.10 Å². The molecule has 0 unspecified atom stereocenters. The molecule has 2 aromatic heterocycles. The first kappa shape index (κ1) is 20.5. The number of aromatic nitrogens is 5. The average molecular weight is 433 g/mol. The molecule has 2 aromatic carbocycles. The highest BCUT2D eigenvalue weighted by Gasteiger charge is 2.35. The van der Waals surface area contributed by atoms with Gasteiger partial charge in [0.1, 0.15) is 17.0 Å². The van der Waals surface area contributed by atoms with Crippen molar-refractivity contribution in [3.05, 3.63) is 80.4 Å². The SMILES string of the molecule is CCc1ccc(-n2nnc3cc(F)c(-n4c(=O)cc(C(F)(F)F)n(C)c4=O)cc32)cc1. The number of benzene rings is 2. The summed E-state index contributed by atoms with van der Waals surface area (Å²) in [6, 6.07) is 9.70. The lowest BCUT2D eigenvalue weighted by Gasteiger charge is -2.14. The van der Waals surface area contributed by atoms with Crippen LogP contribution in [-0.2, 0) is 19.6 Å². The second-order valence-electron chi connectivity index (χ2n) is 6.86. The number of hydrogen-bond acceptors (Lipinski definition) is 4. The molecule has 0 radical (unpaired) electrons. The van der Waals surface area contributed by atoms with Crippen LogP contribution in [-0.4, -0.2) is 24.1 Å². The highest BCUT2D eigenvalue weighted by atomic mass is 19.4. The fourth-order valence-electron chi connectivity index (χ4n) is 3.29. The fraction of sp³-hybridized carbons (Fsp3) is 0.200. The van der Waals surface area contributed by atoms with Crippen molar-refractivity contribution in [2.24, 2.45) is 7.05 Å². The number of fused-ring (bicyclic) bond motifs is 1. The van der Waals surface area contributed by atoms with Gasteiger partial charge in [0.15, 0.2) is 0 Å². The molecule has 0 atom stereocenters. The molecule has 0 fully saturated rings. The zero-order valence-corrected chi connectivity index (χ0v) is 16.3. The molecule has 11 heteroatoms. The Morgan fingerprint density at radius 3 is 2.32 bits per heavy atom. The molecule has 2 heterocycles. The molecule has 0 saturated heterocycles. The maximum absolute atomic E-state index is 14.7. The predicted octanol–water partition coefficient (Wildman–Crippen LogP) is 2.99. The topological polar surface area (TPSA) is 74.7 Å². The normalized spacial score (nSPS) is 11.9. The smallest absolute Gasteiger partial charge is 0.292 e. The zero-order valence-electron chi connectivity index (χ0n) is 16.3. The molecular formula is C20H15F4N5O2. The summed E-state index contributed by atoms with van der Waals surface area (Å²) < 4.78 is 56.0. The molecule has 0 spiro atoms. The van der Waals surface area contributed by atoms with Crippen molar-refractivity contribution in [3.8, 4) is 11.4 Å². The van der Waals surface area contributed by atoms with Crippen molar-refractivity contribution in [1.82, 2.24) is 24.1 Å². The summed E-state index contributed by atoms with van der Waals surface area (Å²) >= 11 is 0. The van der Waals surface area contributed by atoms with Crippen LogP contribution in [0.25, 0.3) is 22.4 Å². The van der Waals surface area contributed by atoms with Crippen LogP contribution in [0.1, 0.15) is 18.2 Å². The van der Waals surface area contributed by atoms with E-state index in [4.69, 9.17) is 0 Å². The summed E-state index contributed by atoms with van der Waals surface area (Å²) in [5, 5.41) is 7.88. The first-order valence-corrected chi connectivity index (χ1v) is 9.16. The van der Waals surface area contributed by atoms with Crippen LogP contribution in [0.3, 0.4) is 0 Å². The standard InChI is InChI=1S/C20H15F4N5O2/c1-3-11-4-6-12(7-5-11)29-16-9-15(13(21)8-14(16)25-26-29)28-18(30)10-17(20(22,23)24)27(2)19(28)31/h4-10H,3H2,1-2H3. The summed E-state index contributed by atoms with van der Waals surface area (Å²) in [5.41, 5.74) is -2.45. The van der Waals surface area contributed by atoms with Gasteiger partial charge >= 0.3 is 11.9 Å². The van der Waals surface area contributed by atoms with E-state index in [-0.39, 0.29) is 21.7 Å². The van der Waals surface area contributed by atoms with E-state index in [1.54, 1.807) is 12.1 Å². The Balaban J connectivity index is 1.95. The van der Waals surface area contributed by atoms with E-state index >= 15 is 0 Å². The van der Waals surface area contributed by atoms with Crippen LogP contribution >= 0.6 is 0 Å². The van der Waals surface area contributed by atoms with E-state index in [1.807, 2.05) is 19.1 Å². The van der Waals surface area contributed by atoms with Crippen molar-refractivity contribution in [1.29, 1.82) is 0 Å². The monoisotopic (exact) mass is 433 g/mol. The summed E-state index contributed by atoms with van der Waals surface area (Å²) in [6.45, 7) is 2.00. The van der Waals surface area contributed by atoms with Crippen molar-refractivity contribution in [3.63, 3.8) is 0 Å². The van der Waals surface area contributed by atoms with Gasteiger partial charge in [0.05, 0.1) is 16.9 Å². The number of aryl methyl sites for hydroxylation is 1. The van der Waals surface area contributed by atoms with Gasteiger partial charge in [-0.2, -0.15) is 13.2 Å². The van der Waals surface area contributed by atoms with Crippen molar-refractivity contribution in [2.75, 3.05) is 0 Å². The van der Waals surface area contributed by atoms with Gasteiger partial charge in [0.2, 0.25) is 0 Å².